The lowest BCUT2D eigenvalue weighted by Crippen LogP contribution is -2.04. The second-order valence-electron chi connectivity index (χ2n) is 13.1. The minimum Gasteiger partial charge on any atom is -0.248 e. The first kappa shape index (κ1) is 32.8. The number of nitrogens with zero attached hydrogens (tertiary/aromatic N) is 4. The number of halogens is 2. The summed E-state index contributed by atoms with van der Waals surface area (Å²) in [6, 6.07) is 34.4. The lowest BCUT2D eigenvalue weighted by Gasteiger charge is -2.13. The van der Waals surface area contributed by atoms with E-state index in [2.05, 4.69) is 205 Å². The van der Waals surface area contributed by atoms with Crippen LogP contribution in [-0.2, 0) is 0 Å². The first-order valence-corrected chi connectivity index (χ1v) is 19.3. The summed E-state index contributed by atoms with van der Waals surface area (Å²) < 4.78 is 2.34. The van der Waals surface area contributed by atoms with Crippen LogP contribution < -0.4 is 0 Å². The van der Waals surface area contributed by atoms with Crippen LogP contribution in [0.1, 0.15) is 33.4 Å². The highest BCUT2D eigenvalue weighted by molar-refractivity contribution is 14.1. The molecule has 5 aliphatic rings. The Morgan fingerprint density at radius 3 is 0.788 bits per heavy atom. The van der Waals surface area contributed by atoms with Crippen LogP contribution in [0.25, 0.3) is 22.3 Å². The maximum Gasteiger partial charge on any atom is 0.0738 e. The van der Waals surface area contributed by atoms with Crippen molar-refractivity contribution in [2.24, 2.45) is 20.0 Å². The highest BCUT2D eigenvalue weighted by Gasteiger charge is 2.27. The molecule has 9 rings (SSSR count). The molecule has 0 fully saturated rings. The third kappa shape index (κ3) is 6.13. The van der Waals surface area contributed by atoms with Crippen LogP contribution in [0.15, 0.2) is 188 Å². The third-order valence-electron chi connectivity index (χ3n) is 9.56. The van der Waals surface area contributed by atoms with E-state index in [4.69, 9.17) is 20.0 Å². The van der Waals surface area contributed by atoms with Crippen LogP contribution in [0, 0.1) is 21.0 Å². The average molecular weight is 893 g/mol. The number of benzene rings is 4. The smallest absolute Gasteiger partial charge is 0.0738 e. The van der Waals surface area contributed by atoms with Crippen molar-refractivity contribution in [2.75, 3.05) is 0 Å². The summed E-state index contributed by atoms with van der Waals surface area (Å²) in [5.74, 6) is 0. The monoisotopic (exact) mass is 892 g/mol. The van der Waals surface area contributed by atoms with E-state index in [0.29, 0.717) is 0 Å². The van der Waals surface area contributed by atoms with Crippen LogP contribution in [0.5, 0.6) is 0 Å². The minimum atomic E-state index is 0.862. The van der Waals surface area contributed by atoms with E-state index in [9.17, 15) is 0 Å². The molecule has 0 atom stereocenters. The Kier molecular flexibility index (Phi) is 8.51. The van der Waals surface area contributed by atoms with E-state index < -0.39 is 0 Å². The van der Waals surface area contributed by atoms with Crippen molar-refractivity contribution in [1.29, 1.82) is 0 Å². The summed E-state index contributed by atoms with van der Waals surface area (Å²) in [4.78, 5) is 21.5. The molecule has 5 aliphatic heterocycles. The topological polar surface area (TPSA) is 49.4 Å². The molecule has 0 spiro atoms. The van der Waals surface area contributed by atoms with Crippen molar-refractivity contribution < 1.29 is 0 Å². The zero-order chi connectivity index (χ0) is 35.3. The van der Waals surface area contributed by atoms with Gasteiger partial charge in [-0.2, -0.15) is 0 Å². The van der Waals surface area contributed by atoms with Gasteiger partial charge in [0, 0.05) is 29.4 Å². The quantitative estimate of drug-likeness (QED) is 0.183. The maximum absolute atomic E-state index is 5.37. The molecular weight excluding hydrogens is 862 g/mol. The van der Waals surface area contributed by atoms with Crippen molar-refractivity contribution in [2.45, 2.75) is 13.8 Å². The highest BCUT2D eigenvalue weighted by Crippen LogP contribution is 2.38. The molecule has 0 N–H and O–H groups in total. The number of aryl methyl sites for hydroxylation is 2. The van der Waals surface area contributed by atoms with E-state index in [1.807, 2.05) is 0 Å². The summed E-state index contributed by atoms with van der Waals surface area (Å²) >= 11 is 4.71. The van der Waals surface area contributed by atoms with Crippen molar-refractivity contribution in [3.8, 4) is 0 Å². The van der Waals surface area contributed by atoms with Crippen molar-refractivity contribution in [3.05, 3.63) is 209 Å². The molecule has 8 bridgehead atoms. The van der Waals surface area contributed by atoms with Crippen LogP contribution in [0.3, 0.4) is 0 Å². The molecule has 4 nitrogen and oxygen atoms in total. The Hall–Kier alpha value is -5.06. The minimum absolute atomic E-state index is 0.862. The van der Waals surface area contributed by atoms with Crippen molar-refractivity contribution >= 4 is 90.3 Å². The number of hydrogen-bond acceptors (Lipinski definition) is 4. The number of aliphatic imine (C=N–C) groups is 4. The molecule has 4 aromatic carbocycles. The Balaban J connectivity index is 1.36. The molecule has 0 aromatic heterocycles. The summed E-state index contributed by atoms with van der Waals surface area (Å²) in [5.41, 5.74) is 17.5. The number of rotatable bonds is 4. The van der Waals surface area contributed by atoms with Gasteiger partial charge in [-0.3, -0.25) is 0 Å². The first-order chi connectivity index (χ1) is 25.4. The molecule has 6 heteroatoms. The zero-order valence-electron chi connectivity index (χ0n) is 28.4. The maximum atomic E-state index is 5.37. The van der Waals surface area contributed by atoms with Crippen LogP contribution in [0.2, 0.25) is 0 Å². The van der Waals surface area contributed by atoms with E-state index in [1.165, 1.54) is 18.3 Å². The van der Waals surface area contributed by atoms with Gasteiger partial charge in [0.25, 0.3) is 0 Å². The molecule has 0 radical (unpaired) electrons. The largest absolute Gasteiger partial charge is 0.248 e. The number of fused-ring (bicyclic) bond motifs is 4. The molecule has 0 aliphatic carbocycles. The summed E-state index contributed by atoms with van der Waals surface area (Å²) in [6.45, 7) is 4.22. The molecule has 52 heavy (non-hydrogen) atoms. The van der Waals surface area contributed by atoms with Crippen LogP contribution >= 0.6 is 45.2 Å². The van der Waals surface area contributed by atoms with Crippen molar-refractivity contribution in [1.82, 2.24) is 0 Å². The van der Waals surface area contributed by atoms with E-state index >= 15 is 0 Å². The fourth-order valence-corrected chi connectivity index (χ4v) is 7.66. The van der Waals surface area contributed by atoms with Crippen molar-refractivity contribution in [3.63, 3.8) is 0 Å². The van der Waals surface area contributed by atoms with Crippen LogP contribution in [0.4, 0.5) is 0 Å². The Morgan fingerprint density at radius 1 is 0.308 bits per heavy atom. The standard InChI is InChI=1S/C46H30I2N4/c1-27-3-7-29(8-4-27)43-35-19-23-39(49-35)45(31-11-15-33(47)16-12-31)41-25-21-37(51-41)44(30-9-5-28(2)6-10-30)38-22-26-42(52-38)46(40-24-20-36(43)50-40)32-13-17-34(48)18-14-32/h3-26H,1-2H3. The van der Waals surface area contributed by atoms with Gasteiger partial charge >= 0.3 is 0 Å². The fourth-order valence-electron chi connectivity index (χ4n) is 6.94. The SMILES string of the molecule is Cc1ccc(C2=C3C=CC(=N3)C(c3ccc(I)cc3)=C3C=CC(=N3)C(c3ccc(C)cc3)=C3C=CC(=N3)C(c3ccc(I)cc3)=C3C=CC2=N3)cc1. The second kappa shape index (κ2) is 13.5. The molecule has 248 valence electrons. The van der Waals surface area contributed by atoms with Gasteiger partial charge in [0.05, 0.1) is 45.6 Å². The summed E-state index contributed by atoms with van der Waals surface area (Å²) in [7, 11) is 0. The number of allylic oxidation sites excluding steroid dienone is 12. The molecule has 4 aromatic rings. The highest BCUT2D eigenvalue weighted by atomic mass is 127. The van der Waals surface area contributed by atoms with E-state index in [-0.39, 0.29) is 0 Å². The molecule has 0 saturated heterocycles. The zero-order valence-corrected chi connectivity index (χ0v) is 32.7. The lowest BCUT2D eigenvalue weighted by atomic mass is 9.98. The summed E-state index contributed by atoms with van der Waals surface area (Å²) in [5, 5.41) is 0. The first-order valence-electron chi connectivity index (χ1n) is 17.1. The predicted octanol–water partition coefficient (Wildman–Crippen LogP) is 11.5. The van der Waals surface area contributed by atoms with Gasteiger partial charge in [0.2, 0.25) is 0 Å². The van der Waals surface area contributed by atoms with Crippen LogP contribution in [-0.4, -0.2) is 22.8 Å². The predicted molar refractivity (Wildman–Crippen MR) is 235 cm³/mol. The van der Waals surface area contributed by atoms with Gasteiger partial charge in [-0.1, -0.05) is 83.9 Å². The summed E-state index contributed by atoms with van der Waals surface area (Å²) in [6.07, 6.45) is 16.9. The van der Waals surface area contributed by atoms with Gasteiger partial charge in [-0.15, -0.1) is 0 Å². The van der Waals surface area contributed by atoms with Gasteiger partial charge in [-0.05, 0) is 154 Å². The Morgan fingerprint density at radius 2 is 0.538 bits per heavy atom. The average Bonchev–Trinajstić information content (AvgIpc) is 3.99. The molecule has 0 unspecified atom stereocenters. The normalized spacial score (nSPS) is 17.5. The fraction of sp³-hybridized carbons (Fsp3) is 0.0435. The molecule has 0 amide bonds. The second-order valence-corrected chi connectivity index (χ2v) is 15.6. The third-order valence-corrected chi connectivity index (χ3v) is 11.0. The van der Waals surface area contributed by atoms with Gasteiger partial charge in [0.15, 0.2) is 0 Å². The van der Waals surface area contributed by atoms with E-state index in [0.717, 1.165) is 90.2 Å². The Bertz CT molecular complexity index is 2210. The van der Waals surface area contributed by atoms with Gasteiger partial charge in [-0.25, -0.2) is 20.0 Å². The lowest BCUT2D eigenvalue weighted by molar-refractivity contribution is 1.40. The van der Waals surface area contributed by atoms with Gasteiger partial charge in [0.1, 0.15) is 0 Å². The Labute approximate surface area is 330 Å². The molecular formula is C46H30I2N4. The molecule has 5 heterocycles. The molecule has 0 saturated carbocycles. The number of hydrogen-bond donors (Lipinski definition) is 0. The van der Waals surface area contributed by atoms with Gasteiger partial charge < -0.3 is 0 Å². The van der Waals surface area contributed by atoms with E-state index in [1.54, 1.807) is 0 Å².